The van der Waals surface area contributed by atoms with Crippen molar-refractivity contribution >= 4 is 21.6 Å². The van der Waals surface area contributed by atoms with E-state index in [9.17, 15) is 13.2 Å². The number of hydrogen-bond acceptors (Lipinski definition) is 5. The number of aryl methyl sites for hydroxylation is 1. The highest BCUT2D eigenvalue weighted by molar-refractivity contribution is 7.92. The average molecular weight is 367 g/mol. The molecule has 1 atom stereocenters. The van der Waals surface area contributed by atoms with Crippen LogP contribution in [0.3, 0.4) is 0 Å². The Morgan fingerprint density at radius 3 is 2.60 bits per heavy atom. The van der Waals surface area contributed by atoms with Crippen LogP contribution in [0.4, 0.5) is 5.69 Å². The Kier molecular flexibility index (Phi) is 4.92. The van der Waals surface area contributed by atoms with Crippen LogP contribution in [-0.4, -0.2) is 64.3 Å². The maximum atomic E-state index is 12.6. The van der Waals surface area contributed by atoms with E-state index in [1.807, 2.05) is 13.0 Å². The van der Waals surface area contributed by atoms with Crippen molar-refractivity contribution in [1.29, 1.82) is 0 Å². The van der Waals surface area contributed by atoms with Crippen molar-refractivity contribution in [3.8, 4) is 5.75 Å². The second-order valence-electron chi connectivity index (χ2n) is 6.96. The number of fused-ring (bicyclic) bond motifs is 1. The molecule has 1 amide bonds. The quantitative estimate of drug-likeness (QED) is 0.852. The second kappa shape index (κ2) is 6.84. The minimum atomic E-state index is -3.50. The predicted octanol–water partition coefficient (Wildman–Crippen LogP) is 0.732. The molecule has 0 saturated carbocycles. The Bertz CT molecular complexity index is 757. The van der Waals surface area contributed by atoms with E-state index in [1.165, 1.54) is 4.31 Å². The van der Waals surface area contributed by atoms with Gasteiger partial charge in [-0.2, -0.15) is 0 Å². The molecule has 2 aliphatic heterocycles. The van der Waals surface area contributed by atoms with Gasteiger partial charge in [0.05, 0.1) is 18.5 Å². The zero-order chi connectivity index (χ0) is 18.2. The average Bonchev–Trinajstić information content (AvgIpc) is 2.55. The standard InChI is InChI=1S/C17H25N3O4S/c1-12-4-5-15-14(10-12)20(25(3,22)23)11-16(24-15)17(21)18-13-6-8-19(2)9-7-13/h4-5,10,13,16H,6-9,11H2,1-3H3,(H,18,21)/t16-/m1/s1. The summed E-state index contributed by atoms with van der Waals surface area (Å²) in [5.41, 5.74) is 1.43. The lowest BCUT2D eigenvalue weighted by Crippen LogP contribution is -2.53. The van der Waals surface area contributed by atoms with Crippen LogP contribution in [0.5, 0.6) is 5.75 Å². The number of carbonyl (C=O) groups excluding carboxylic acids is 1. The van der Waals surface area contributed by atoms with Gasteiger partial charge in [0.2, 0.25) is 10.0 Å². The fraction of sp³-hybridized carbons (Fsp3) is 0.588. The summed E-state index contributed by atoms with van der Waals surface area (Å²) >= 11 is 0. The van der Waals surface area contributed by atoms with Crippen molar-refractivity contribution in [2.24, 2.45) is 0 Å². The van der Waals surface area contributed by atoms with Crippen LogP contribution in [0.1, 0.15) is 18.4 Å². The summed E-state index contributed by atoms with van der Waals surface area (Å²) in [6.07, 6.45) is 2.09. The summed E-state index contributed by atoms with van der Waals surface area (Å²) < 4.78 is 31.4. The zero-order valence-corrected chi connectivity index (χ0v) is 15.7. The maximum absolute atomic E-state index is 12.6. The molecule has 138 valence electrons. The minimum Gasteiger partial charge on any atom is -0.476 e. The second-order valence-corrected chi connectivity index (χ2v) is 8.86. The van der Waals surface area contributed by atoms with Gasteiger partial charge in [0.15, 0.2) is 6.10 Å². The molecule has 1 aromatic carbocycles. The number of carbonyl (C=O) groups is 1. The first kappa shape index (κ1) is 18.0. The van der Waals surface area contributed by atoms with E-state index in [-0.39, 0.29) is 18.5 Å². The first-order valence-electron chi connectivity index (χ1n) is 8.48. The highest BCUT2D eigenvalue weighted by Crippen LogP contribution is 2.35. The number of nitrogens with zero attached hydrogens (tertiary/aromatic N) is 2. The van der Waals surface area contributed by atoms with Crippen LogP contribution in [0, 0.1) is 6.92 Å². The molecule has 0 spiro atoms. The van der Waals surface area contributed by atoms with Crippen LogP contribution in [-0.2, 0) is 14.8 Å². The Hall–Kier alpha value is -1.80. The predicted molar refractivity (Wildman–Crippen MR) is 96.4 cm³/mol. The number of amides is 1. The zero-order valence-electron chi connectivity index (χ0n) is 14.9. The Morgan fingerprint density at radius 2 is 1.96 bits per heavy atom. The largest absolute Gasteiger partial charge is 0.476 e. The lowest BCUT2D eigenvalue weighted by Gasteiger charge is -2.35. The lowest BCUT2D eigenvalue weighted by atomic mass is 10.1. The molecule has 0 bridgehead atoms. The maximum Gasteiger partial charge on any atom is 0.263 e. The Morgan fingerprint density at radius 1 is 1.28 bits per heavy atom. The van der Waals surface area contributed by atoms with Crippen molar-refractivity contribution in [1.82, 2.24) is 10.2 Å². The number of benzene rings is 1. The van der Waals surface area contributed by atoms with Crippen LogP contribution in [0.2, 0.25) is 0 Å². The third-order valence-corrected chi connectivity index (χ3v) is 5.89. The molecular formula is C17H25N3O4S. The van der Waals surface area contributed by atoms with Crippen molar-refractivity contribution in [3.63, 3.8) is 0 Å². The molecule has 2 aliphatic rings. The monoisotopic (exact) mass is 367 g/mol. The summed E-state index contributed by atoms with van der Waals surface area (Å²) in [6, 6.07) is 5.44. The summed E-state index contributed by atoms with van der Waals surface area (Å²) in [4.78, 5) is 14.9. The molecule has 25 heavy (non-hydrogen) atoms. The molecule has 3 rings (SSSR count). The smallest absolute Gasteiger partial charge is 0.263 e. The van der Waals surface area contributed by atoms with Gasteiger partial charge in [0.1, 0.15) is 5.75 Å². The summed E-state index contributed by atoms with van der Waals surface area (Å²) in [5, 5.41) is 3.01. The molecular weight excluding hydrogens is 342 g/mol. The van der Waals surface area contributed by atoms with E-state index in [4.69, 9.17) is 4.74 Å². The fourth-order valence-electron chi connectivity index (χ4n) is 3.26. The van der Waals surface area contributed by atoms with Gasteiger partial charge in [-0.05, 0) is 57.6 Å². The molecule has 7 nitrogen and oxygen atoms in total. The number of likely N-dealkylation sites (tertiary alicyclic amines) is 1. The first-order chi connectivity index (χ1) is 11.7. The molecule has 8 heteroatoms. The van der Waals surface area contributed by atoms with Crippen LogP contribution in [0.25, 0.3) is 0 Å². The van der Waals surface area contributed by atoms with Gasteiger partial charge in [0, 0.05) is 6.04 Å². The van der Waals surface area contributed by atoms with Crippen LogP contribution < -0.4 is 14.4 Å². The summed E-state index contributed by atoms with van der Waals surface area (Å²) in [5.74, 6) is 0.167. The molecule has 1 saturated heterocycles. The molecule has 1 aromatic rings. The molecule has 0 aromatic heterocycles. The van der Waals surface area contributed by atoms with E-state index in [0.717, 1.165) is 37.8 Å². The number of sulfonamides is 1. The highest BCUT2D eigenvalue weighted by atomic mass is 32.2. The number of piperidine rings is 1. The van der Waals surface area contributed by atoms with Gasteiger partial charge < -0.3 is 15.0 Å². The lowest BCUT2D eigenvalue weighted by molar-refractivity contribution is -0.128. The molecule has 0 radical (unpaired) electrons. The Balaban J connectivity index is 1.77. The van der Waals surface area contributed by atoms with Crippen LogP contribution in [0.15, 0.2) is 18.2 Å². The number of anilines is 1. The SMILES string of the molecule is Cc1ccc2c(c1)N(S(C)(=O)=O)C[C@H](C(=O)NC1CCN(C)CC1)O2. The van der Waals surface area contributed by atoms with Crippen LogP contribution >= 0.6 is 0 Å². The number of nitrogens with one attached hydrogen (secondary N) is 1. The molecule has 1 N–H and O–H groups in total. The summed E-state index contributed by atoms with van der Waals surface area (Å²) in [7, 11) is -1.44. The van der Waals surface area contributed by atoms with Crippen molar-refractivity contribution in [2.75, 3.05) is 37.2 Å². The minimum absolute atomic E-state index is 0.00621. The summed E-state index contributed by atoms with van der Waals surface area (Å²) in [6.45, 7) is 3.76. The molecule has 2 heterocycles. The van der Waals surface area contributed by atoms with Gasteiger partial charge in [0.25, 0.3) is 5.91 Å². The van der Waals surface area contributed by atoms with Gasteiger partial charge in [-0.3, -0.25) is 9.10 Å². The van der Waals surface area contributed by atoms with Crippen molar-refractivity contribution < 1.29 is 17.9 Å². The van der Waals surface area contributed by atoms with E-state index >= 15 is 0 Å². The van der Waals surface area contributed by atoms with E-state index < -0.39 is 16.1 Å². The third-order valence-electron chi connectivity index (χ3n) is 4.74. The molecule has 0 unspecified atom stereocenters. The fourth-order valence-corrected chi connectivity index (χ4v) is 4.17. The van der Waals surface area contributed by atoms with Gasteiger partial charge in [-0.15, -0.1) is 0 Å². The highest BCUT2D eigenvalue weighted by Gasteiger charge is 2.36. The van der Waals surface area contributed by atoms with Gasteiger partial charge in [-0.1, -0.05) is 6.07 Å². The topological polar surface area (TPSA) is 79.0 Å². The van der Waals surface area contributed by atoms with Crippen molar-refractivity contribution in [2.45, 2.75) is 31.9 Å². The Labute approximate surface area is 149 Å². The molecule has 0 aliphatic carbocycles. The number of rotatable bonds is 3. The van der Waals surface area contributed by atoms with Gasteiger partial charge >= 0.3 is 0 Å². The van der Waals surface area contributed by atoms with E-state index in [0.29, 0.717) is 11.4 Å². The third kappa shape index (κ3) is 4.07. The molecule has 1 fully saturated rings. The normalized spacial score (nSPS) is 22.2. The van der Waals surface area contributed by atoms with Gasteiger partial charge in [-0.25, -0.2) is 8.42 Å². The van der Waals surface area contributed by atoms with E-state index in [1.54, 1.807) is 12.1 Å². The number of ether oxygens (including phenoxy) is 1. The van der Waals surface area contributed by atoms with E-state index in [2.05, 4.69) is 17.3 Å². The van der Waals surface area contributed by atoms with Crippen molar-refractivity contribution in [3.05, 3.63) is 23.8 Å². The number of hydrogen-bond donors (Lipinski definition) is 1. The first-order valence-corrected chi connectivity index (χ1v) is 10.3.